The molecule has 2 heterocycles. The van der Waals surface area contributed by atoms with Gasteiger partial charge in [0.05, 0.1) is 10.9 Å². The van der Waals surface area contributed by atoms with Gasteiger partial charge in [0, 0.05) is 17.8 Å². The van der Waals surface area contributed by atoms with E-state index in [0.29, 0.717) is 5.82 Å². The molecule has 5 nitrogen and oxygen atoms in total. The van der Waals surface area contributed by atoms with Crippen LogP contribution in [0.25, 0.3) is 21.9 Å². The predicted molar refractivity (Wildman–Crippen MR) is 93.4 cm³/mol. The number of pyridine rings is 1. The molecule has 23 heavy (non-hydrogen) atoms. The molecule has 0 unspecified atom stereocenters. The van der Waals surface area contributed by atoms with Crippen molar-refractivity contribution in [1.82, 2.24) is 14.8 Å². The van der Waals surface area contributed by atoms with E-state index in [2.05, 4.69) is 23.4 Å². The molecular formula is C18H22N4O. The first kappa shape index (κ1) is 15.5. The fourth-order valence-electron chi connectivity index (χ4n) is 2.52. The van der Waals surface area contributed by atoms with Crippen LogP contribution in [0.2, 0.25) is 0 Å². The van der Waals surface area contributed by atoms with Crippen molar-refractivity contribution in [1.29, 1.82) is 0 Å². The third-order valence-corrected chi connectivity index (χ3v) is 3.91. The smallest absolute Gasteiger partial charge is 0.228 e. The Bertz CT molecular complexity index is 851. The summed E-state index contributed by atoms with van der Waals surface area (Å²) in [6.45, 7) is 6.70. The minimum Gasteiger partial charge on any atom is -0.308 e. The van der Waals surface area contributed by atoms with Gasteiger partial charge in [-0.2, -0.15) is 5.10 Å². The number of carbonyl (C=O) groups excluding carboxylic acids is 1. The van der Waals surface area contributed by atoms with Gasteiger partial charge in [-0.3, -0.25) is 4.79 Å². The molecule has 0 bridgehead atoms. The first-order valence-corrected chi connectivity index (χ1v) is 8.17. The molecule has 0 aliphatic heterocycles. The van der Waals surface area contributed by atoms with Crippen molar-refractivity contribution in [2.45, 2.75) is 40.2 Å². The Hall–Kier alpha value is -2.43. The van der Waals surface area contributed by atoms with Crippen LogP contribution in [-0.2, 0) is 11.3 Å². The summed E-state index contributed by atoms with van der Waals surface area (Å²) in [4.78, 5) is 16.8. The summed E-state index contributed by atoms with van der Waals surface area (Å²) < 4.78 is 1.90. The van der Waals surface area contributed by atoms with Gasteiger partial charge in [0.2, 0.25) is 5.91 Å². The van der Waals surface area contributed by atoms with Crippen LogP contribution >= 0.6 is 0 Å². The van der Waals surface area contributed by atoms with Crippen LogP contribution in [0, 0.1) is 5.92 Å². The highest BCUT2D eigenvalue weighted by molar-refractivity contribution is 6.03. The van der Waals surface area contributed by atoms with Gasteiger partial charge in [-0.15, -0.1) is 0 Å². The number of hydrogen-bond acceptors (Lipinski definition) is 3. The Balaban J connectivity index is 2.14. The summed E-state index contributed by atoms with van der Waals surface area (Å²) in [5, 5.41) is 9.48. The third kappa shape index (κ3) is 3.04. The van der Waals surface area contributed by atoms with E-state index in [1.165, 1.54) is 0 Å². The van der Waals surface area contributed by atoms with Gasteiger partial charge < -0.3 is 5.32 Å². The summed E-state index contributed by atoms with van der Waals surface area (Å²) in [5.41, 5.74) is 1.77. The summed E-state index contributed by atoms with van der Waals surface area (Å²) in [6, 6.07) is 10.1. The van der Waals surface area contributed by atoms with Gasteiger partial charge in [0.1, 0.15) is 0 Å². The first-order chi connectivity index (χ1) is 11.1. The van der Waals surface area contributed by atoms with Crippen LogP contribution in [-0.4, -0.2) is 20.7 Å². The van der Waals surface area contributed by atoms with Gasteiger partial charge in [0.15, 0.2) is 11.5 Å². The SMILES string of the molecule is CCCCn1nc(NC(=O)C(C)C)c2cc3ccccc3nc21. The molecule has 1 aromatic carbocycles. The van der Waals surface area contributed by atoms with Crippen LogP contribution in [0.4, 0.5) is 5.82 Å². The molecular weight excluding hydrogens is 288 g/mol. The summed E-state index contributed by atoms with van der Waals surface area (Å²) in [5.74, 6) is 0.493. The second kappa shape index (κ2) is 6.36. The topological polar surface area (TPSA) is 59.8 Å². The number of aryl methyl sites for hydroxylation is 1. The van der Waals surface area contributed by atoms with Crippen molar-refractivity contribution in [3.63, 3.8) is 0 Å². The molecule has 0 saturated carbocycles. The van der Waals surface area contributed by atoms with E-state index in [4.69, 9.17) is 4.98 Å². The lowest BCUT2D eigenvalue weighted by atomic mass is 10.2. The number of rotatable bonds is 5. The van der Waals surface area contributed by atoms with Gasteiger partial charge in [-0.25, -0.2) is 9.67 Å². The van der Waals surface area contributed by atoms with Crippen LogP contribution in [0.3, 0.4) is 0 Å². The number of carbonyl (C=O) groups is 1. The fraction of sp³-hybridized carbons (Fsp3) is 0.389. The quantitative estimate of drug-likeness (QED) is 0.775. The van der Waals surface area contributed by atoms with Crippen molar-refractivity contribution in [3.8, 4) is 0 Å². The second-order valence-electron chi connectivity index (χ2n) is 6.12. The van der Waals surface area contributed by atoms with E-state index in [-0.39, 0.29) is 11.8 Å². The number of hydrogen-bond donors (Lipinski definition) is 1. The van der Waals surface area contributed by atoms with Gasteiger partial charge >= 0.3 is 0 Å². The van der Waals surface area contributed by atoms with E-state index in [0.717, 1.165) is 41.3 Å². The molecule has 3 rings (SSSR count). The molecule has 1 N–H and O–H groups in total. The Kier molecular flexibility index (Phi) is 4.28. The van der Waals surface area contributed by atoms with Crippen molar-refractivity contribution in [2.75, 3.05) is 5.32 Å². The first-order valence-electron chi connectivity index (χ1n) is 8.17. The summed E-state index contributed by atoms with van der Waals surface area (Å²) in [6.07, 6.45) is 2.12. The number of para-hydroxylation sites is 1. The van der Waals surface area contributed by atoms with E-state index in [1.54, 1.807) is 0 Å². The molecule has 0 atom stereocenters. The average molecular weight is 310 g/mol. The number of nitrogens with one attached hydrogen (secondary N) is 1. The van der Waals surface area contributed by atoms with Gasteiger partial charge in [-0.1, -0.05) is 45.4 Å². The Morgan fingerprint density at radius 2 is 2.09 bits per heavy atom. The van der Waals surface area contributed by atoms with Crippen molar-refractivity contribution < 1.29 is 4.79 Å². The zero-order valence-corrected chi connectivity index (χ0v) is 13.8. The Morgan fingerprint density at radius 3 is 2.83 bits per heavy atom. The lowest BCUT2D eigenvalue weighted by Crippen LogP contribution is -2.18. The van der Waals surface area contributed by atoms with Gasteiger partial charge in [0.25, 0.3) is 0 Å². The van der Waals surface area contributed by atoms with E-state index in [9.17, 15) is 4.79 Å². The molecule has 0 saturated heterocycles. The number of amides is 1. The van der Waals surface area contributed by atoms with Crippen LogP contribution in [0.15, 0.2) is 30.3 Å². The number of aromatic nitrogens is 3. The molecule has 120 valence electrons. The zero-order valence-electron chi connectivity index (χ0n) is 13.8. The lowest BCUT2D eigenvalue weighted by molar-refractivity contribution is -0.118. The molecule has 0 aliphatic carbocycles. The summed E-state index contributed by atoms with van der Waals surface area (Å²) in [7, 11) is 0. The maximum absolute atomic E-state index is 12.1. The lowest BCUT2D eigenvalue weighted by Gasteiger charge is -2.04. The Morgan fingerprint density at radius 1 is 1.30 bits per heavy atom. The van der Waals surface area contributed by atoms with Crippen LogP contribution in [0.5, 0.6) is 0 Å². The molecule has 2 aromatic heterocycles. The Labute approximate surface area is 135 Å². The molecule has 0 aliphatic rings. The van der Waals surface area contributed by atoms with Crippen molar-refractivity contribution in [3.05, 3.63) is 30.3 Å². The van der Waals surface area contributed by atoms with Crippen molar-refractivity contribution in [2.24, 2.45) is 5.92 Å². The van der Waals surface area contributed by atoms with Crippen LogP contribution in [0.1, 0.15) is 33.6 Å². The number of nitrogens with zero attached hydrogens (tertiary/aromatic N) is 3. The monoisotopic (exact) mass is 310 g/mol. The van der Waals surface area contributed by atoms with E-state index in [1.807, 2.05) is 42.8 Å². The molecule has 3 aromatic rings. The van der Waals surface area contributed by atoms with E-state index < -0.39 is 0 Å². The average Bonchev–Trinajstić information content (AvgIpc) is 2.87. The second-order valence-corrected chi connectivity index (χ2v) is 6.12. The maximum atomic E-state index is 12.1. The largest absolute Gasteiger partial charge is 0.308 e. The van der Waals surface area contributed by atoms with Crippen molar-refractivity contribution >= 4 is 33.7 Å². The number of anilines is 1. The highest BCUT2D eigenvalue weighted by atomic mass is 16.1. The fourth-order valence-corrected chi connectivity index (χ4v) is 2.52. The highest BCUT2D eigenvalue weighted by Crippen LogP contribution is 2.26. The zero-order chi connectivity index (χ0) is 16.4. The molecule has 0 radical (unpaired) electrons. The number of benzene rings is 1. The molecule has 5 heteroatoms. The molecule has 0 fully saturated rings. The minimum absolute atomic E-state index is 0.0276. The third-order valence-electron chi connectivity index (χ3n) is 3.91. The standard InChI is InChI=1S/C18H22N4O/c1-4-5-10-22-17-14(16(21-22)20-18(23)12(2)3)11-13-8-6-7-9-15(13)19-17/h6-9,11-12H,4-5,10H2,1-3H3,(H,20,21,23). The normalized spacial score (nSPS) is 11.5. The van der Waals surface area contributed by atoms with Crippen LogP contribution < -0.4 is 5.32 Å². The maximum Gasteiger partial charge on any atom is 0.228 e. The summed E-state index contributed by atoms with van der Waals surface area (Å²) >= 11 is 0. The number of fused-ring (bicyclic) bond motifs is 2. The van der Waals surface area contributed by atoms with E-state index >= 15 is 0 Å². The number of unbranched alkanes of at least 4 members (excludes halogenated alkanes) is 1. The molecule has 0 spiro atoms. The highest BCUT2D eigenvalue weighted by Gasteiger charge is 2.16. The minimum atomic E-state index is -0.0840. The molecule has 1 amide bonds. The van der Waals surface area contributed by atoms with Gasteiger partial charge in [-0.05, 0) is 18.6 Å². The predicted octanol–water partition coefficient (Wildman–Crippen LogP) is 3.98.